The summed E-state index contributed by atoms with van der Waals surface area (Å²) in [4.78, 5) is 40.6. The van der Waals surface area contributed by atoms with Crippen LogP contribution in [-0.2, 0) is 14.3 Å². The second kappa shape index (κ2) is 11.9. The first-order valence-corrected chi connectivity index (χ1v) is 11.9. The number of nitriles is 1. The fraction of sp³-hybridized carbons (Fsp3) is 0.407. The van der Waals surface area contributed by atoms with Crippen molar-refractivity contribution in [1.29, 1.82) is 5.26 Å². The Bertz CT molecular complexity index is 1140. The Morgan fingerprint density at radius 2 is 1.72 bits per heavy atom. The molecule has 0 aliphatic carbocycles. The molecule has 2 atom stereocenters. The zero-order chi connectivity index (χ0) is 27.2. The van der Waals surface area contributed by atoms with Crippen molar-refractivity contribution in [2.24, 2.45) is 0 Å². The van der Waals surface area contributed by atoms with Crippen LogP contribution in [0.3, 0.4) is 0 Å². The minimum Gasteiger partial charge on any atom is -0.444 e. The predicted octanol–water partition coefficient (Wildman–Crippen LogP) is 5.21. The van der Waals surface area contributed by atoms with Gasteiger partial charge in [-0.25, -0.2) is 4.79 Å². The van der Waals surface area contributed by atoms with Crippen molar-refractivity contribution >= 4 is 35.2 Å². The van der Waals surface area contributed by atoms with E-state index in [4.69, 9.17) is 16.3 Å². The topological polar surface area (TPSA) is 112 Å². The van der Waals surface area contributed by atoms with E-state index in [-0.39, 0.29) is 6.54 Å². The van der Waals surface area contributed by atoms with Crippen molar-refractivity contribution in [2.75, 3.05) is 11.9 Å². The smallest absolute Gasteiger partial charge is 0.408 e. The van der Waals surface area contributed by atoms with Gasteiger partial charge in [-0.2, -0.15) is 5.26 Å². The van der Waals surface area contributed by atoms with Gasteiger partial charge in [-0.3, -0.25) is 9.59 Å². The minimum absolute atomic E-state index is 0.348. The lowest BCUT2D eigenvalue weighted by Gasteiger charge is -2.32. The van der Waals surface area contributed by atoms with E-state index in [0.29, 0.717) is 16.3 Å². The Balaban J connectivity index is 2.50. The number of hydrogen-bond acceptors (Lipinski definition) is 5. The van der Waals surface area contributed by atoms with E-state index in [1.165, 1.54) is 6.92 Å². The standard InChI is InChI=1S/C27H33ClN4O4/c1-16-13-17(2)15-20(14-16)23(24(33)31-22-18(3)9-8-10-21(22)28)32(12-11-29)25(34)19(4)30-26(35)36-27(5,6)7/h8-10,13-15,19,23H,12H2,1-7H3,(H,30,35)(H,31,33). The largest absolute Gasteiger partial charge is 0.444 e. The number of alkyl carbamates (subject to hydrolysis) is 1. The number of ether oxygens (including phenoxy) is 1. The van der Waals surface area contributed by atoms with Crippen molar-refractivity contribution in [3.63, 3.8) is 0 Å². The third-order valence-corrected chi connectivity index (χ3v) is 5.53. The number of rotatable bonds is 7. The number of carbonyl (C=O) groups excluding carboxylic acids is 3. The van der Waals surface area contributed by atoms with Crippen LogP contribution in [0.2, 0.25) is 5.02 Å². The van der Waals surface area contributed by atoms with Gasteiger partial charge in [-0.1, -0.05) is 53.1 Å². The zero-order valence-corrected chi connectivity index (χ0v) is 22.5. The Labute approximate surface area is 217 Å². The quantitative estimate of drug-likeness (QED) is 0.494. The van der Waals surface area contributed by atoms with Gasteiger partial charge in [0.1, 0.15) is 24.2 Å². The van der Waals surface area contributed by atoms with E-state index >= 15 is 0 Å². The van der Waals surface area contributed by atoms with Gasteiger partial charge in [0.15, 0.2) is 0 Å². The lowest BCUT2D eigenvalue weighted by molar-refractivity contribution is -0.139. The molecular weight excluding hydrogens is 480 g/mol. The molecule has 0 aliphatic rings. The van der Waals surface area contributed by atoms with E-state index < -0.39 is 35.6 Å². The molecule has 3 amide bonds. The maximum atomic E-state index is 13.7. The van der Waals surface area contributed by atoms with Gasteiger partial charge in [-0.15, -0.1) is 0 Å². The molecule has 9 heteroatoms. The molecule has 0 aromatic heterocycles. The van der Waals surface area contributed by atoms with E-state index in [0.717, 1.165) is 21.6 Å². The monoisotopic (exact) mass is 512 g/mol. The molecule has 0 aliphatic heterocycles. The SMILES string of the molecule is Cc1cc(C)cc(C(C(=O)Nc2c(C)cccc2Cl)N(CC#N)C(=O)C(C)NC(=O)OC(C)(C)C)c1. The van der Waals surface area contributed by atoms with Gasteiger partial charge in [0, 0.05) is 0 Å². The third-order valence-electron chi connectivity index (χ3n) is 5.22. The van der Waals surface area contributed by atoms with Gasteiger partial charge < -0.3 is 20.3 Å². The molecule has 0 spiro atoms. The number of carbonyl (C=O) groups is 3. The van der Waals surface area contributed by atoms with Gasteiger partial charge in [0.05, 0.1) is 16.8 Å². The van der Waals surface area contributed by atoms with Crippen LogP contribution in [0, 0.1) is 32.1 Å². The van der Waals surface area contributed by atoms with Gasteiger partial charge >= 0.3 is 6.09 Å². The van der Waals surface area contributed by atoms with Crippen molar-refractivity contribution < 1.29 is 19.1 Å². The summed E-state index contributed by atoms with van der Waals surface area (Å²) in [7, 11) is 0. The maximum absolute atomic E-state index is 13.7. The number of para-hydroxylation sites is 1. The highest BCUT2D eigenvalue weighted by Gasteiger charge is 2.35. The summed E-state index contributed by atoms with van der Waals surface area (Å²) < 4.78 is 5.25. The van der Waals surface area contributed by atoms with E-state index in [9.17, 15) is 19.6 Å². The molecule has 2 aromatic carbocycles. The summed E-state index contributed by atoms with van der Waals surface area (Å²) in [6.07, 6.45) is -0.778. The fourth-order valence-corrected chi connectivity index (χ4v) is 4.06. The molecule has 0 fully saturated rings. The molecule has 2 aromatic rings. The summed E-state index contributed by atoms with van der Waals surface area (Å²) in [6.45, 7) is 11.8. The van der Waals surface area contributed by atoms with E-state index in [2.05, 4.69) is 10.6 Å². The first kappa shape index (κ1) is 28.7. The number of aryl methyl sites for hydroxylation is 3. The zero-order valence-electron chi connectivity index (χ0n) is 21.7. The predicted molar refractivity (Wildman–Crippen MR) is 140 cm³/mol. The molecule has 2 rings (SSSR count). The van der Waals surface area contributed by atoms with Crippen LogP contribution in [0.5, 0.6) is 0 Å². The van der Waals surface area contributed by atoms with Gasteiger partial charge in [0.2, 0.25) is 5.91 Å². The van der Waals surface area contributed by atoms with Crippen LogP contribution in [0.25, 0.3) is 0 Å². The number of nitrogens with one attached hydrogen (secondary N) is 2. The van der Waals surface area contributed by atoms with Crippen LogP contribution >= 0.6 is 11.6 Å². The molecule has 8 nitrogen and oxygen atoms in total. The summed E-state index contributed by atoms with van der Waals surface area (Å²) in [5, 5.41) is 15.2. The van der Waals surface area contributed by atoms with Crippen molar-refractivity contribution in [3.05, 3.63) is 63.7 Å². The van der Waals surface area contributed by atoms with Crippen LogP contribution in [0.1, 0.15) is 56.0 Å². The summed E-state index contributed by atoms with van der Waals surface area (Å²) in [6, 6.07) is 10.5. The lowest BCUT2D eigenvalue weighted by Crippen LogP contribution is -2.51. The van der Waals surface area contributed by atoms with E-state index in [1.807, 2.05) is 26.0 Å². The molecule has 36 heavy (non-hydrogen) atoms. The average molecular weight is 513 g/mol. The van der Waals surface area contributed by atoms with E-state index in [1.54, 1.807) is 58.0 Å². The Morgan fingerprint density at radius 3 is 2.25 bits per heavy atom. The summed E-state index contributed by atoms with van der Waals surface area (Å²) >= 11 is 6.33. The first-order valence-electron chi connectivity index (χ1n) is 11.5. The highest BCUT2D eigenvalue weighted by molar-refractivity contribution is 6.34. The number of nitrogens with zero attached hydrogens (tertiary/aromatic N) is 2. The Hall–Kier alpha value is -3.57. The number of anilines is 1. The Kier molecular flexibility index (Phi) is 9.48. The second-order valence-electron chi connectivity index (χ2n) is 9.74. The van der Waals surface area contributed by atoms with Crippen LogP contribution in [-0.4, -0.2) is 41.0 Å². The van der Waals surface area contributed by atoms with Crippen LogP contribution < -0.4 is 10.6 Å². The lowest BCUT2D eigenvalue weighted by atomic mass is 9.98. The normalized spacial score (nSPS) is 12.6. The molecule has 2 N–H and O–H groups in total. The van der Waals surface area contributed by atoms with Gasteiger partial charge in [0.25, 0.3) is 5.91 Å². The molecular formula is C27H33ClN4O4. The van der Waals surface area contributed by atoms with Gasteiger partial charge in [-0.05, 0) is 65.7 Å². The highest BCUT2D eigenvalue weighted by atomic mass is 35.5. The number of halogens is 1. The Morgan fingerprint density at radius 1 is 1.11 bits per heavy atom. The molecule has 0 radical (unpaired) electrons. The average Bonchev–Trinajstić information content (AvgIpc) is 2.73. The van der Waals surface area contributed by atoms with Crippen molar-refractivity contribution in [3.8, 4) is 6.07 Å². The summed E-state index contributed by atoms with van der Waals surface area (Å²) in [5.41, 5.74) is 2.72. The number of benzene rings is 2. The maximum Gasteiger partial charge on any atom is 0.408 e. The molecule has 2 unspecified atom stereocenters. The van der Waals surface area contributed by atoms with Crippen LogP contribution in [0.4, 0.5) is 10.5 Å². The molecule has 0 bridgehead atoms. The molecule has 0 saturated carbocycles. The van der Waals surface area contributed by atoms with Crippen molar-refractivity contribution in [1.82, 2.24) is 10.2 Å². The fourth-order valence-electron chi connectivity index (χ4n) is 3.79. The third kappa shape index (κ3) is 7.72. The molecule has 0 heterocycles. The minimum atomic E-state index is -1.16. The second-order valence-corrected chi connectivity index (χ2v) is 10.1. The molecule has 192 valence electrons. The number of hydrogen-bond donors (Lipinski definition) is 2. The summed E-state index contributed by atoms with van der Waals surface area (Å²) in [5.74, 6) is -1.15. The number of amides is 3. The molecule has 0 saturated heterocycles. The van der Waals surface area contributed by atoms with Crippen molar-refractivity contribution in [2.45, 2.75) is 66.2 Å². The first-order chi connectivity index (χ1) is 16.7. The van der Waals surface area contributed by atoms with Crippen LogP contribution in [0.15, 0.2) is 36.4 Å². The highest BCUT2D eigenvalue weighted by Crippen LogP contribution is 2.30.